The fourth-order valence-corrected chi connectivity index (χ4v) is 14.7. The highest BCUT2D eigenvalue weighted by molar-refractivity contribution is 7.89. The number of nitrogens with one attached hydrogen (secondary N) is 3. The molecule has 1 saturated heterocycles. The number of fused-ring (bicyclic) bond motifs is 3. The van der Waals surface area contributed by atoms with Gasteiger partial charge in [0.15, 0.2) is 18.5 Å². The molecule has 0 spiro atoms. The monoisotopic (exact) mass is 1480 g/mol. The maximum absolute atomic E-state index is 13.4. The molecule has 538 valence electrons. The molecule has 102 heavy (non-hydrogen) atoms. The number of benzene rings is 4. The van der Waals surface area contributed by atoms with E-state index in [0.29, 0.717) is 0 Å². The van der Waals surface area contributed by atoms with Gasteiger partial charge in [0, 0.05) is 82.3 Å². The van der Waals surface area contributed by atoms with E-state index in [-0.39, 0.29) is 103 Å². The second-order valence-corrected chi connectivity index (χ2v) is 28.8. The van der Waals surface area contributed by atoms with Crippen molar-refractivity contribution in [3.63, 3.8) is 0 Å². The molecule has 6 unspecified atom stereocenters. The van der Waals surface area contributed by atoms with Crippen LogP contribution in [0.15, 0.2) is 161 Å². The summed E-state index contributed by atoms with van der Waals surface area (Å²) in [6.45, 7) is 1.81. The van der Waals surface area contributed by atoms with E-state index < -0.39 is 95.3 Å². The number of sulfonamides is 1. The minimum Gasteiger partial charge on any atom is -0.491 e. The molecule has 3 aliphatic heterocycles. The normalized spacial score (nSPS) is 18.2. The van der Waals surface area contributed by atoms with E-state index in [0.717, 1.165) is 46.8 Å². The van der Waals surface area contributed by atoms with Gasteiger partial charge in [-0.05, 0) is 85.1 Å². The summed E-state index contributed by atoms with van der Waals surface area (Å²) < 4.78 is 104. The Kier molecular flexibility index (Phi) is 25.9. The van der Waals surface area contributed by atoms with Gasteiger partial charge < -0.3 is 74.4 Å². The molecule has 11 N–H and O–H groups in total. The number of aromatic nitrogens is 3. The second kappa shape index (κ2) is 34.5. The highest BCUT2D eigenvalue weighted by Crippen LogP contribution is 2.66. The Labute approximate surface area is 582 Å². The van der Waals surface area contributed by atoms with Crippen LogP contribution in [0.4, 0.5) is 22.9 Å². The summed E-state index contributed by atoms with van der Waals surface area (Å²) in [5.74, 6) is 4.58. The third-order valence-corrected chi connectivity index (χ3v) is 20.3. The average molecular weight is 1480 g/mol. The van der Waals surface area contributed by atoms with Crippen molar-refractivity contribution < 1.29 is 97.5 Å². The highest BCUT2D eigenvalue weighted by Gasteiger charge is 2.46. The lowest BCUT2D eigenvalue weighted by molar-refractivity contribution is -0.436. The van der Waals surface area contributed by atoms with Gasteiger partial charge in [0.1, 0.15) is 55.8 Å². The summed E-state index contributed by atoms with van der Waals surface area (Å²) in [5, 5.41) is 20.9. The van der Waals surface area contributed by atoms with Crippen LogP contribution in [0.1, 0.15) is 60.0 Å². The first-order valence-corrected chi connectivity index (χ1v) is 36.9. The van der Waals surface area contributed by atoms with Crippen LogP contribution in [-0.2, 0) is 77.2 Å². The number of azide groups is 2. The van der Waals surface area contributed by atoms with Gasteiger partial charge in [0.2, 0.25) is 27.5 Å². The third-order valence-electron chi connectivity index (χ3n) is 15.6. The number of carbonyl (C=O) groups is 3. The standard InChI is InChI=1S/C62H69N16O20P3S/c1-62(2)48-33-47(102(66,89)90)22-23-50(48)76(53(62)21-8-4-7-18-45-31-41-13-9-10-20-49(41)78(45)44-16-5-3-6-17-44)28-24-54(79)68-26-27-69-61(81)42-14-11-19-46(32-42)93-38-56(73-75-65)92-30-29-91-37-55(80)67-25-12-15-43-35-77(60-58(43)59(63)70-39-71-60)57-34-51(94-40-72-74-64)52(96-57)36-95-100(85,86)98-101(87,88)97-99(82,83)84/h3-11,13-14,16-23,32-33,35,39,51-52,56-57H,24-31,34,36-38,40H2,1-2H3,(H10-,63,66,67,68,69,70,71,79,80,81,82,83,84,85,86,87,88,89,90)/p+1. The Morgan fingerprint density at radius 1 is 0.912 bits per heavy atom. The number of allylic oxidation sites excluding steroid dienone is 6. The van der Waals surface area contributed by atoms with E-state index in [1.807, 2.05) is 73.1 Å². The van der Waals surface area contributed by atoms with E-state index >= 15 is 0 Å². The van der Waals surface area contributed by atoms with Crippen LogP contribution in [-0.4, -0.2) is 155 Å². The number of para-hydroxylation sites is 2. The van der Waals surface area contributed by atoms with Crippen LogP contribution in [0.5, 0.6) is 5.75 Å². The molecule has 0 radical (unpaired) electrons. The Balaban J connectivity index is 0.704. The number of primary sulfonamides is 1. The van der Waals surface area contributed by atoms with Gasteiger partial charge in [-0.2, -0.15) is 13.2 Å². The number of hydrogen-bond acceptors (Lipinski definition) is 22. The number of phosphoric ester groups is 1. The molecular formula is C62H70N16O20P3S+. The van der Waals surface area contributed by atoms with Gasteiger partial charge in [0.05, 0.1) is 60.2 Å². The van der Waals surface area contributed by atoms with Crippen molar-refractivity contribution in [1.29, 1.82) is 0 Å². The van der Waals surface area contributed by atoms with Crippen LogP contribution in [0.3, 0.4) is 0 Å². The van der Waals surface area contributed by atoms with Gasteiger partial charge in [-0.15, -0.1) is 0 Å². The van der Waals surface area contributed by atoms with Crippen molar-refractivity contribution in [3.8, 4) is 17.6 Å². The number of phosphoric acid groups is 3. The smallest absolute Gasteiger partial charge is 0.490 e. The number of nitrogen functional groups attached to an aromatic ring is 1. The molecule has 0 aliphatic carbocycles. The van der Waals surface area contributed by atoms with Gasteiger partial charge >= 0.3 is 23.5 Å². The molecule has 2 aromatic heterocycles. The predicted molar refractivity (Wildman–Crippen MR) is 366 cm³/mol. The largest absolute Gasteiger partial charge is 0.491 e. The molecule has 5 heterocycles. The topological polar surface area (TPSA) is 514 Å². The molecule has 4 aromatic carbocycles. The molecule has 6 aromatic rings. The lowest BCUT2D eigenvalue weighted by Gasteiger charge is -2.21. The number of anilines is 3. The van der Waals surface area contributed by atoms with Crippen LogP contribution in [0.25, 0.3) is 31.9 Å². The van der Waals surface area contributed by atoms with Crippen LogP contribution in [0.2, 0.25) is 0 Å². The predicted octanol–water partition coefficient (Wildman–Crippen LogP) is 6.86. The van der Waals surface area contributed by atoms with Crippen molar-refractivity contribution >= 4 is 90.8 Å². The molecule has 3 amide bonds. The summed E-state index contributed by atoms with van der Waals surface area (Å²) in [4.78, 5) is 92.5. The van der Waals surface area contributed by atoms with E-state index in [1.54, 1.807) is 30.3 Å². The van der Waals surface area contributed by atoms with Gasteiger partial charge in [0.25, 0.3) is 5.91 Å². The summed E-state index contributed by atoms with van der Waals surface area (Å²) in [6, 6.07) is 29.3. The van der Waals surface area contributed by atoms with Crippen molar-refractivity contribution in [3.05, 3.63) is 189 Å². The Hall–Kier alpha value is -9.46. The number of hydrogen-bond donors (Lipinski definition) is 9. The lowest BCUT2D eigenvalue weighted by atomic mass is 9.81. The summed E-state index contributed by atoms with van der Waals surface area (Å²) >= 11 is 0. The number of rotatable bonds is 34. The fraction of sp³-hybridized carbons (Fsp3) is 0.323. The first kappa shape index (κ1) is 76.7. The van der Waals surface area contributed by atoms with Crippen molar-refractivity contribution in [2.75, 3.05) is 76.6 Å². The second-order valence-electron chi connectivity index (χ2n) is 22.8. The van der Waals surface area contributed by atoms with Gasteiger partial charge in [-0.1, -0.05) is 82.8 Å². The zero-order chi connectivity index (χ0) is 73.2. The van der Waals surface area contributed by atoms with Crippen molar-refractivity contribution in [1.82, 2.24) is 30.5 Å². The minimum atomic E-state index is -5.83. The molecule has 0 bridgehead atoms. The first-order chi connectivity index (χ1) is 48.6. The molecule has 36 nitrogen and oxygen atoms in total. The number of amides is 3. The van der Waals surface area contributed by atoms with Crippen LogP contribution in [0, 0.1) is 11.8 Å². The van der Waals surface area contributed by atoms with E-state index in [9.17, 15) is 51.8 Å². The van der Waals surface area contributed by atoms with E-state index in [2.05, 4.69) is 102 Å². The highest BCUT2D eigenvalue weighted by atomic mass is 32.2. The number of ether oxygens (including phenoxy) is 5. The number of nitrogens with two attached hydrogens (primary N) is 2. The van der Waals surface area contributed by atoms with E-state index in [1.165, 1.54) is 28.5 Å². The molecule has 40 heteroatoms. The zero-order valence-corrected chi connectivity index (χ0v) is 57.9. The Bertz CT molecular complexity index is 4680. The molecule has 9 rings (SSSR count). The Morgan fingerprint density at radius 3 is 2.45 bits per heavy atom. The maximum Gasteiger partial charge on any atom is 0.490 e. The van der Waals surface area contributed by atoms with E-state index in [4.69, 9.17) is 54.4 Å². The minimum absolute atomic E-state index is 0.0000905. The quantitative estimate of drug-likeness (QED) is 0.00291. The lowest BCUT2D eigenvalue weighted by Crippen LogP contribution is -2.35. The third kappa shape index (κ3) is 20.9. The molecule has 6 atom stereocenters. The van der Waals surface area contributed by atoms with Crippen LogP contribution < -0.4 is 36.5 Å². The van der Waals surface area contributed by atoms with Crippen molar-refractivity contribution in [2.24, 2.45) is 15.4 Å². The fourth-order valence-electron chi connectivity index (χ4n) is 11.1. The van der Waals surface area contributed by atoms with Gasteiger partial charge in [-0.3, -0.25) is 18.9 Å². The average Bonchev–Trinajstić information content (AvgIpc) is 1.28. The molecule has 3 aliphatic rings. The number of nitrogens with zero attached hydrogens (tertiary/aromatic N) is 11. The zero-order valence-electron chi connectivity index (χ0n) is 54.4. The maximum atomic E-state index is 13.4. The molecule has 1 fully saturated rings. The molecule has 0 saturated carbocycles. The number of carbonyl (C=O) groups excluding carboxylic acids is 3. The SMILES string of the molecule is CC1(C)C(C=CC=CC=C2Cc3ccccc3N2c2ccccc2)=[N+](CCC(=O)NCCNC(=O)c2cccc(OCC(N=[N+]=[N-])OCCOCC(=O)NCC#Cc3cn(C4CC(OCN=[N+]=[N-])C(COP(=O)(O)OP(=O)(O)OP(=O)(O)O)O4)c4ncnc(N)c34)c2)c2ccc(S(N)(=O)=O)cc21. The first-order valence-electron chi connectivity index (χ1n) is 30.9. The van der Waals surface area contributed by atoms with Crippen molar-refractivity contribution in [2.45, 2.75) is 68.1 Å². The molecular weight excluding hydrogens is 1410 g/mol. The Morgan fingerprint density at radius 2 is 1.69 bits per heavy atom. The summed E-state index contributed by atoms with van der Waals surface area (Å²) in [7, 11) is -21.1. The van der Waals surface area contributed by atoms with Gasteiger partial charge in [-0.25, -0.2) is 37.2 Å². The summed E-state index contributed by atoms with van der Waals surface area (Å²) in [6.07, 6.45) is 8.73. The summed E-state index contributed by atoms with van der Waals surface area (Å²) in [5.41, 5.74) is 31.0. The van der Waals surface area contributed by atoms with Crippen LogP contribution >= 0.6 is 23.5 Å².